The van der Waals surface area contributed by atoms with Gasteiger partial charge in [0.1, 0.15) is 5.75 Å². The Morgan fingerprint density at radius 1 is 1.12 bits per heavy atom. The predicted octanol–water partition coefficient (Wildman–Crippen LogP) is 4.49. The van der Waals surface area contributed by atoms with E-state index >= 15 is 0 Å². The Hall–Kier alpha value is -2.65. The van der Waals surface area contributed by atoms with Gasteiger partial charge in [0.25, 0.3) is 5.91 Å². The molecule has 0 aliphatic heterocycles. The molecule has 0 fully saturated rings. The van der Waals surface area contributed by atoms with Crippen LogP contribution in [0.15, 0.2) is 41.0 Å². The van der Waals surface area contributed by atoms with Crippen LogP contribution < -0.4 is 10.1 Å². The molecule has 1 aromatic heterocycles. The van der Waals surface area contributed by atoms with Gasteiger partial charge in [0.15, 0.2) is 12.4 Å². The highest BCUT2D eigenvalue weighted by molar-refractivity contribution is 6.03. The molecule has 1 aromatic carbocycles. The number of rotatable bonds is 4. The van der Waals surface area contributed by atoms with Crippen LogP contribution in [0.5, 0.6) is 5.75 Å². The van der Waals surface area contributed by atoms with Gasteiger partial charge >= 0.3 is 12.4 Å². The maximum atomic E-state index is 12.7. The van der Waals surface area contributed by atoms with Crippen LogP contribution in [0.2, 0.25) is 0 Å². The zero-order valence-electron chi connectivity index (χ0n) is 11.7. The van der Waals surface area contributed by atoms with Gasteiger partial charge < -0.3 is 14.5 Å². The Balaban J connectivity index is 2.30. The molecule has 0 spiro atoms. The van der Waals surface area contributed by atoms with Crippen LogP contribution in [-0.2, 0) is 6.18 Å². The number of halogens is 6. The predicted molar refractivity (Wildman–Crippen MR) is 69.7 cm³/mol. The largest absolute Gasteiger partial charge is 0.482 e. The number of carbonyl (C=O) groups is 1. The third-order valence-corrected chi connectivity index (χ3v) is 2.69. The summed E-state index contributed by atoms with van der Waals surface area (Å²) in [4.78, 5) is 11.8. The van der Waals surface area contributed by atoms with Crippen LogP contribution in [0, 0.1) is 0 Å². The van der Waals surface area contributed by atoms with Crippen molar-refractivity contribution in [3.63, 3.8) is 0 Å². The average Bonchev–Trinajstić information content (AvgIpc) is 2.98. The lowest BCUT2D eigenvalue weighted by Gasteiger charge is -2.15. The molecule has 0 atom stereocenters. The molecule has 0 aliphatic carbocycles. The van der Waals surface area contributed by atoms with Crippen molar-refractivity contribution in [3.8, 4) is 5.75 Å². The van der Waals surface area contributed by atoms with E-state index in [0.717, 1.165) is 6.26 Å². The molecule has 0 saturated heterocycles. The van der Waals surface area contributed by atoms with Gasteiger partial charge in [-0.25, -0.2) is 0 Å². The maximum absolute atomic E-state index is 12.7. The third kappa shape index (κ3) is 4.67. The molecule has 0 saturated carbocycles. The lowest BCUT2D eigenvalue weighted by molar-refractivity contribution is -0.153. The Morgan fingerprint density at radius 2 is 1.83 bits per heavy atom. The van der Waals surface area contributed by atoms with E-state index in [-0.39, 0.29) is 5.76 Å². The van der Waals surface area contributed by atoms with Gasteiger partial charge in [0.2, 0.25) is 0 Å². The summed E-state index contributed by atoms with van der Waals surface area (Å²) < 4.78 is 84.1. The van der Waals surface area contributed by atoms with E-state index in [1.165, 1.54) is 12.1 Å². The average molecular weight is 353 g/mol. The molecule has 1 amide bonds. The van der Waals surface area contributed by atoms with Crippen LogP contribution in [0.25, 0.3) is 0 Å². The Morgan fingerprint density at radius 3 is 2.38 bits per heavy atom. The lowest BCUT2D eigenvalue weighted by atomic mass is 10.1. The van der Waals surface area contributed by atoms with Crippen molar-refractivity contribution < 1.29 is 40.3 Å². The molecule has 1 N–H and O–H groups in total. The molecule has 4 nitrogen and oxygen atoms in total. The lowest BCUT2D eigenvalue weighted by Crippen LogP contribution is -2.20. The molecule has 1 heterocycles. The van der Waals surface area contributed by atoms with Gasteiger partial charge in [-0.05, 0) is 30.3 Å². The van der Waals surface area contributed by atoms with Crippen molar-refractivity contribution in [1.29, 1.82) is 0 Å². The normalized spacial score (nSPS) is 12.1. The van der Waals surface area contributed by atoms with Crippen molar-refractivity contribution >= 4 is 11.6 Å². The smallest absolute Gasteiger partial charge is 0.422 e. The molecular formula is C14H9F6NO3. The SMILES string of the molecule is O=C(Nc1cc(C(F)(F)F)ccc1OCC(F)(F)F)c1ccco1. The highest BCUT2D eigenvalue weighted by Gasteiger charge is 2.33. The fourth-order valence-corrected chi connectivity index (χ4v) is 1.68. The number of carbonyl (C=O) groups excluding carboxylic acids is 1. The summed E-state index contributed by atoms with van der Waals surface area (Å²) in [6, 6.07) is 4.33. The van der Waals surface area contributed by atoms with Crippen molar-refractivity contribution in [2.24, 2.45) is 0 Å². The Kier molecular flexibility index (Phi) is 4.76. The summed E-state index contributed by atoms with van der Waals surface area (Å²) in [6.45, 7) is -1.72. The van der Waals surface area contributed by atoms with Gasteiger partial charge in [-0.15, -0.1) is 0 Å². The first-order valence-corrected chi connectivity index (χ1v) is 6.32. The number of nitrogens with one attached hydrogen (secondary N) is 1. The van der Waals surface area contributed by atoms with Crippen LogP contribution in [0.3, 0.4) is 0 Å². The molecule has 0 radical (unpaired) electrons. The summed E-state index contributed by atoms with van der Waals surface area (Å²) in [5.74, 6) is -1.72. The zero-order chi connectivity index (χ0) is 18.0. The van der Waals surface area contributed by atoms with Gasteiger partial charge in [-0.2, -0.15) is 26.3 Å². The van der Waals surface area contributed by atoms with Crippen molar-refractivity contribution in [2.45, 2.75) is 12.4 Å². The van der Waals surface area contributed by atoms with Crippen molar-refractivity contribution in [2.75, 3.05) is 11.9 Å². The number of ether oxygens (including phenoxy) is 1. The number of benzene rings is 1. The van der Waals surface area contributed by atoms with E-state index in [1.54, 1.807) is 0 Å². The van der Waals surface area contributed by atoms with Crippen LogP contribution in [-0.4, -0.2) is 18.7 Å². The van der Waals surface area contributed by atoms with E-state index in [1.807, 2.05) is 5.32 Å². The Bertz CT molecular complexity index is 706. The standard InChI is InChI=1S/C14H9F6NO3/c15-13(16,17)7-24-10-4-3-8(14(18,19)20)6-9(10)21-12(22)11-2-1-5-23-11/h1-6H,7H2,(H,21,22). The molecule has 0 bridgehead atoms. The van der Waals surface area contributed by atoms with E-state index in [2.05, 4.69) is 4.74 Å². The third-order valence-electron chi connectivity index (χ3n) is 2.69. The Labute approximate surface area is 131 Å². The maximum Gasteiger partial charge on any atom is 0.422 e. The van der Waals surface area contributed by atoms with Crippen LogP contribution >= 0.6 is 0 Å². The van der Waals surface area contributed by atoms with Gasteiger partial charge in [-0.3, -0.25) is 4.79 Å². The van der Waals surface area contributed by atoms with Crippen LogP contribution in [0.4, 0.5) is 32.0 Å². The number of hydrogen-bond donors (Lipinski definition) is 1. The second-order valence-corrected chi connectivity index (χ2v) is 4.54. The number of alkyl halides is 6. The minimum Gasteiger partial charge on any atom is -0.482 e. The van der Waals surface area contributed by atoms with E-state index in [9.17, 15) is 31.1 Å². The van der Waals surface area contributed by atoms with Gasteiger partial charge in [-0.1, -0.05) is 0 Å². The molecule has 130 valence electrons. The summed E-state index contributed by atoms with van der Waals surface area (Å²) in [5.41, 5.74) is -1.72. The minimum atomic E-state index is -4.74. The topological polar surface area (TPSA) is 51.5 Å². The van der Waals surface area contributed by atoms with Crippen molar-refractivity contribution in [3.05, 3.63) is 47.9 Å². The van der Waals surface area contributed by atoms with E-state index in [4.69, 9.17) is 4.42 Å². The second kappa shape index (κ2) is 6.46. The fourth-order valence-electron chi connectivity index (χ4n) is 1.68. The van der Waals surface area contributed by atoms with Crippen LogP contribution in [0.1, 0.15) is 16.1 Å². The quantitative estimate of drug-likeness (QED) is 0.824. The first-order chi connectivity index (χ1) is 11.1. The first-order valence-electron chi connectivity index (χ1n) is 6.32. The fraction of sp³-hybridized carbons (Fsp3) is 0.214. The van der Waals surface area contributed by atoms with Gasteiger partial charge in [0, 0.05) is 0 Å². The molecule has 0 aliphatic rings. The number of hydrogen-bond acceptors (Lipinski definition) is 3. The number of furan rings is 1. The van der Waals surface area contributed by atoms with E-state index < -0.39 is 41.9 Å². The molecule has 24 heavy (non-hydrogen) atoms. The van der Waals surface area contributed by atoms with Gasteiger partial charge in [0.05, 0.1) is 17.5 Å². The van der Waals surface area contributed by atoms with Crippen molar-refractivity contribution in [1.82, 2.24) is 0 Å². The summed E-state index contributed by atoms with van der Waals surface area (Å²) in [5, 5.41) is 2.04. The zero-order valence-corrected chi connectivity index (χ0v) is 11.7. The molecule has 0 unspecified atom stereocenters. The number of amides is 1. The number of anilines is 1. The summed E-state index contributed by atoms with van der Waals surface area (Å²) in [7, 11) is 0. The molecule has 2 rings (SSSR count). The highest BCUT2D eigenvalue weighted by atomic mass is 19.4. The van der Waals surface area contributed by atoms with E-state index in [0.29, 0.717) is 18.2 Å². The first kappa shape index (κ1) is 17.7. The molecule has 10 heteroatoms. The molecule has 2 aromatic rings. The minimum absolute atomic E-state index is 0.228. The summed E-state index contributed by atoms with van der Waals surface area (Å²) in [6.07, 6.45) is -8.28. The summed E-state index contributed by atoms with van der Waals surface area (Å²) >= 11 is 0. The monoisotopic (exact) mass is 353 g/mol. The highest BCUT2D eigenvalue weighted by Crippen LogP contribution is 2.35. The second-order valence-electron chi connectivity index (χ2n) is 4.54. The molecular weight excluding hydrogens is 344 g/mol.